The summed E-state index contributed by atoms with van der Waals surface area (Å²) in [5, 5.41) is 18.9. The number of anilines is 1. The Kier molecular flexibility index (Phi) is 8.08. The van der Waals surface area contributed by atoms with E-state index in [0.29, 0.717) is 33.9 Å². The number of alkyl halides is 1. The van der Waals surface area contributed by atoms with Crippen molar-refractivity contribution in [3.05, 3.63) is 53.7 Å². The fraction of sp³-hybridized carbons (Fsp3) is 0.370. The summed E-state index contributed by atoms with van der Waals surface area (Å²) in [4.78, 5) is 42.0. The Hall–Kier alpha value is -4.68. The number of aromatic nitrogens is 2. The Morgan fingerprint density at radius 2 is 2.05 bits per heavy atom. The normalized spacial score (nSPS) is 17.2. The molecule has 0 saturated heterocycles. The van der Waals surface area contributed by atoms with Crippen LogP contribution in [0, 0.1) is 0 Å². The highest BCUT2D eigenvalue weighted by Crippen LogP contribution is 2.29. The van der Waals surface area contributed by atoms with Gasteiger partial charge in [0.25, 0.3) is 5.91 Å². The number of methoxy groups -OCH3 is 1. The summed E-state index contributed by atoms with van der Waals surface area (Å²) in [7, 11) is 1.28. The van der Waals surface area contributed by atoms with Crippen LogP contribution in [-0.2, 0) is 14.3 Å². The van der Waals surface area contributed by atoms with Gasteiger partial charge in [-0.2, -0.15) is 5.10 Å². The number of nitrogens with one attached hydrogen (secondary N) is 5. The lowest BCUT2D eigenvalue weighted by molar-refractivity contribution is -0.141. The smallest absolute Gasteiger partial charge is 0.307 e. The van der Waals surface area contributed by atoms with Crippen LogP contribution in [0.1, 0.15) is 41.2 Å². The molecule has 2 amide bonds. The Balaban J connectivity index is 1.24. The molecule has 0 spiro atoms. The van der Waals surface area contributed by atoms with Crippen LogP contribution in [0.2, 0.25) is 0 Å². The van der Waals surface area contributed by atoms with E-state index in [1.807, 2.05) is 6.07 Å². The average Bonchev–Trinajstić information content (AvgIpc) is 3.64. The fourth-order valence-electron chi connectivity index (χ4n) is 4.21. The lowest BCUT2D eigenvalue weighted by Crippen LogP contribution is -2.41. The van der Waals surface area contributed by atoms with Crippen molar-refractivity contribution >= 4 is 40.3 Å². The molecule has 2 heterocycles. The van der Waals surface area contributed by atoms with Gasteiger partial charge in [0.2, 0.25) is 5.91 Å². The Morgan fingerprint density at radius 3 is 2.80 bits per heavy atom. The molecule has 1 fully saturated rings. The van der Waals surface area contributed by atoms with Crippen molar-refractivity contribution in [3.8, 4) is 5.75 Å². The number of hydrogen-bond donors (Lipinski definition) is 5. The number of aliphatic imine (C=N–C) groups is 1. The van der Waals surface area contributed by atoms with E-state index in [9.17, 15) is 18.8 Å². The minimum absolute atomic E-state index is 0.0357. The second-order valence-corrected chi connectivity index (χ2v) is 9.62. The zero-order valence-corrected chi connectivity index (χ0v) is 21.8. The number of amides is 2. The minimum atomic E-state index is -1.06. The summed E-state index contributed by atoms with van der Waals surface area (Å²) >= 11 is 0. The third kappa shape index (κ3) is 6.84. The van der Waals surface area contributed by atoms with E-state index in [1.165, 1.54) is 7.11 Å². The summed E-state index contributed by atoms with van der Waals surface area (Å²) < 4.78 is 24.1. The molecule has 13 heteroatoms. The SMILES string of the molecule is COC(=O)C[C@H](NC(=O)CNC(=O)c1cc(NC2=NCC(F)CN2)c2cn[nH]c2c1)c1cccc(OC2CC2)c1. The van der Waals surface area contributed by atoms with Gasteiger partial charge in [0, 0.05) is 10.9 Å². The topological polar surface area (TPSA) is 159 Å². The number of nitrogens with zero attached hydrogens (tertiary/aromatic N) is 2. The third-order valence-electron chi connectivity index (χ3n) is 6.44. The molecule has 40 heavy (non-hydrogen) atoms. The number of aromatic amines is 1. The number of carbonyl (C=O) groups excluding carboxylic acids is 3. The van der Waals surface area contributed by atoms with Crippen molar-refractivity contribution in [2.24, 2.45) is 4.99 Å². The van der Waals surface area contributed by atoms with Gasteiger partial charge in [0.1, 0.15) is 11.9 Å². The number of fused-ring (bicyclic) bond motifs is 1. The van der Waals surface area contributed by atoms with E-state index in [-0.39, 0.29) is 37.7 Å². The quantitative estimate of drug-likeness (QED) is 0.239. The van der Waals surface area contributed by atoms with Gasteiger partial charge in [-0.15, -0.1) is 0 Å². The predicted octanol–water partition coefficient (Wildman–Crippen LogP) is 1.96. The number of esters is 1. The van der Waals surface area contributed by atoms with Crippen LogP contribution in [0.25, 0.3) is 10.9 Å². The lowest BCUT2D eigenvalue weighted by Gasteiger charge is -2.20. The molecular weight excluding hydrogens is 521 g/mol. The van der Waals surface area contributed by atoms with Crippen LogP contribution in [0.15, 0.2) is 47.6 Å². The van der Waals surface area contributed by atoms with Gasteiger partial charge >= 0.3 is 5.97 Å². The maximum absolute atomic E-state index is 13.4. The number of benzene rings is 2. The van der Waals surface area contributed by atoms with Crippen LogP contribution >= 0.6 is 0 Å². The Labute approximate surface area is 229 Å². The van der Waals surface area contributed by atoms with E-state index < -0.39 is 30.0 Å². The third-order valence-corrected chi connectivity index (χ3v) is 6.44. The van der Waals surface area contributed by atoms with Gasteiger partial charge in [-0.25, -0.2) is 9.38 Å². The van der Waals surface area contributed by atoms with E-state index >= 15 is 0 Å². The van der Waals surface area contributed by atoms with E-state index in [2.05, 4.69) is 36.5 Å². The molecule has 1 aliphatic carbocycles. The molecule has 1 saturated carbocycles. The first kappa shape index (κ1) is 26.9. The van der Waals surface area contributed by atoms with Crippen LogP contribution in [0.4, 0.5) is 10.1 Å². The highest BCUT2D eigenvalue weighted by Gasteiger charge is 2.25. The van der Waals surface area contributed by atoms with Crippen LogP contribution in [0.5, 0.6) is 5.75 Å². The first-order valence-electron chi connectivity index (χ1n) is 13.0. The van der Waals surface area contributed by atoms with E-state index in [4.69, 9.17) is 9.47 Å². The van der Waals surface area contributed by atoms with Crippen LogP contribution in [0.3, 0.4) is 0 Å². The molecule has 210 valence electrons. The summed E-state index contributed by atoms with van der Waals surface area (Å²) in [5.74, 6) is -0.430. The Morgan fingerprint density at radius 1 is 1.20 bits per heavy atom. The minimum Gasteiger partial charge on any atom is -0.490 e. The zero-order valence-electron chi connectivity index (χ0n) is 21.8. The molecule has 1 aromatic heterocycles. The van der Waals surface area contributed by atoms with Crippen molar-refractivity contribution in [1.29, 1.82) is 0 Å². The maximum Gasteiger partial charge on any atom is 0.307 e. The van der Waals surface area contributed by atoms with Gasteiger partial charge in [-0.1, -0.05) is 12.1 Å². The van der Waals surface area contributed by atoms with Crippen LogP contribution in [-0.4, -0.2) is 73.0 Å². The number of hydrogen-bond acceptors (Lipinski definition) is 9. The number of halogens is 1. The number of carbonyl (C=O) groups is 3. The molecule has 0 bridgehead atoms. The number of H-pyrrole nitrogens is 1. The number of rotatable bonds is 10. The summed E-state index contributed by atoms with van der Waals surface area (Å²) in [6.45, 7) is -0.164. The largest absolute Gasteiger partial charge is 0.490 e. The molecule has 1 aliphatic heterocycles. The molecule has 2 atom stereocenters. The lowest BCUT2D eigenvalue weighted by atomic mass is 10.0. The van der Waals surface area contributed by atoms with E-state index in [1.54, 1.807) is 36.5 Å². The fourth-order valence-corrected chi connectivity index (χ4v) is 4.21. The average molecular weight is 552 g/mol. The van der Waals surface area contributed by atoms with Gasteiger partial charge in [0.05, 0.1) is 62.7 Å². The summed E-state index contributed by atoms with van der Waals surface area (Å²) in [5.41, 5.74) is 2.08. The summed E-state index contributed by atoms with van der Waals surface area (Å²) in [6.07, 6.45) is 2.65. The molecule has 2 aromatic carbocycles. The standard InChI is InChI=1S/C27H30FN7O5/c1-39-25(37)10-21(15-3-2-4-19(7-15)40-18-5-6-18)33-24(36)14-29-26(38)16-8-22(20-13-32-35-23(20)9-16)34-27-30-11-17(28)12-31-27/h2-4,7-9,13,17-18,21H,5-6,10-12,14H2,1H3,(H,29,38)(H,32,35)(H,33,36)(H2,30,31,34)/t21-/m0/s1. The number of guanidine groups is 1. The maximum atomic E-state index is 13.4. The van der Waals surface area contributed by atoms with Crippen molar-refractivity contribution in [2.75, 3.05) is 32.1 Å². The van der Waals surface area contributed by atoms with Crippen molar-refractivity contribution < 1.29 is 28.2 Å². The van der Waals surface area contributed by atoms with Gasteiger partial charge < -0.3 is 30.7 Å². The number of ether oxygens (including phenoxy) is 2. The van der Waals surface area contributed by atoms with Gasteiger partial charge in [-0.05, 0) is 42.7 Å². The monoisotopic (exact) mass is 551 g/mol. The highest BCUT2D eigenvalue weighted by atomic mass is 19.1. The predicted molar refractivity (Wildman–Crippen MR) is 145 cm³/mol. The molecule has 5 rings (SSSR count). The molecule has 1 unspecified atom stereocenters. The summed E-state index contributed by atoms with van der Waals surface area (Å²) in [6, 6.07) is 9.74. The van der Waals surface area contributed by atoms with Crippen LogP contribution < -0.4 is 26.0 Å². The zero-order chi connectivity index (χ0) is 28.1. The van der Waals surface area contributed by atoms with Gasteiger partial charge in [0.15, 0.2) is 5.96 Å². The second kappa shape index (κ2) is 12.0. The van der Waals surface area contributed by atoms with Gasteiger partial charge in [-0.3, -0.25) is 19.5 Å². The first-order chi connectivity index (χ1) is 19.4. The molecule has 12 nitrogen and oxygen atoms in total. The molecule has 5 N–H and O–H groups in total. The van der Waals surface area contributed by atoms with Crippen molar-refractivity contribution in [3.63, 3.8) is 0 Å². The van der Waals surface area contributed by atoms with Crippen molar-refractivity contribution in [1.82, 2.24) is 26.1 Å². The molecule has 0 radical (unpaired) electrons. The highest BCUT2D eigenvalue weighted by molar-refractivity contribution is 6.07. The first-order valence-corrected chi connectivity index (χ1v) is 13.0. The van der Waals surface area contributed by atoms with E-state index in [0.717, 1.165) is 12.8 Å². The molecule has 3 aromatic rings. The second-order valence-electron chi connectivity index (χ2n) is 9.62. The molecular formula is C27H30FN7O5. The Bertz CT molecular complexity index is 1440. The van der Waals surface area contributed by atoms with Crippen molar-refractivity contribution in [2.45, 2.75) is 37.6 Å². The molecule has 2 aliphatic rings.